The molecule has 1 aromatic carbocycles. The molecule has 0 aliphatic carbocycles. The molecular formula is C16H18F3NS. The maximum Gasteiger partial charge on any atom is 0.416 e. The first kappa shape index (κ1) is 16.0. The fourth-order valence-corrected chi connectivity index (χ4v) is 3.29. The van der Waals surface area contributed by atoms with Crippen LogP contribution in [0.4, 0.5) is 13.2 Å². The van der Waals surface area contributed by atoms with Gasteiger partial charge in [-0.05, 0) is 36.4 Å². The molecule has 0 aliphatic heterocycles. The monoisotopic (exact) mass is 313 g/mol. The van der Waals surface area contributed by atoms with E-state index < -0.39 is 11.7 Å². The number of thiophene rings is 1. The van der Waals surface area contributed by atoms with Gasteiger partial charge in [0.2, 0.25) is 0 Å². The van der Waals surface area contributed by atoms with Crippen LogP contribution < -0.4 is 5.32 Å². The molecule has 0 amide bonds. The summed E-state index contributed by atoms with van der Waals surface area (Å²) < 4.78 is 39.2. The molecule has 0 fully saturated rings. The topological polar surface area (TPSA) is 12.0 Å². The molecular weight excluding hydrogens is 295 g/mol. The van der Waals surface area contributed by atoms with Gasteiger partial charge in [0, 0.05) is 17.0 Å². The van der Waals surface area contributed by atoms with Crippen LogP contribution in [-0.2, 0) is 6.18 Å². The average Bonchev–Trinajstić information content (AvgIpc) is 2.97. The molecule has 2 rings (SSSR count). The van der Waals surface area contributed by atoms with E-state index in [1.54, 1.807) is 30.4 Å². The fourth-order valence-electron chi connectivity index (χ4n) is 2.42. The van der Waals surface area contributed by atoms with Crippen LogP contribution in [0.3, 0.4) is 0 Å². The minimum absolute atomic E-state index is 0.0706. The third-order valence-electron chi connectivity index (χ3n) is 3.48. The summed E-state index contributed by atoms with van der Waals surface area (Å²) in [4.78, 5) is 1.15. The van der Waals surface area contributed by atoms with Gasteiger partial charge in [0.1, 0.15) is 0 Å². The maximum absolute atomic E-state index is 13.1. The Kier molecular flexibility index (Phi) is 5.06. The van der Waals surface area contributed by atoms with E-state index in [2.05, 4.69) is 5.32 Å². The predicted octanol–water partition coefficient (Wildman–Crippen LogP) is 5.57. The van der Waals surface area contributed by atoms with Crippen LogP contribution in [0.5, 0.6) is 0 Å². The van der Waals surface area contributed by atoms with Crippen LogP contribution in [0.15, 0.2) is 41.8 Å². The van der Waals surface area contributed by atoms with Crippen molar-refractivity contribution >= 4 is 11.3 Å². The highest BCUT2D eigenvalue weighted by molar-refractivity contribution is 7.10. The largest absolute Gasteiger partial charge is 0.416 e. The number of nitrogens with one attached hydrogen (secondary N) is 1. The van der Waals surface area contributed by atoms with Crippen LogP contribution in [0.2, 0.25) is 0 Å². The molecule has 1 nitrogen and oxygen atoms in total. The van der Waals surface area contributed by atoms with Crippen molar-refractivity contribution in [2.75, 3.05) is 0 Å². The lowest BCUT2D eigenvalue weighted by molar-refractivity contribution is -0.138. The highest BCUT2D eigenvalue weighted by atomic mass is 32.1. The molecule has 0 radical (unpaired) electrons. The Morgan fingerprint density at radius 1 is 1.14 bits per heavy atom. The molecule has 114 valence electrons. The highest BCUT2D eigenvalue weighted by Gasteiger charge is 2.34. The molecule has 1 aromatic heterocycles. The Morgan fingerprint density at radius 2 is 1.86 bits per heavy atom. The lowest BCUT2D eigenvalue weighted by atomic mass is 9.99. The number of rotatable bonds is 5. The second-order valence-electron chi connectivity index (χ2n) is 4.95. The molecule has 0 bridgehead atoms. The lowest BCUT2D eigenvalue weighted by Gasteiger charge is -2.24. The molecule has 0 aliphatic rings. The summed E-state index contributed by atoms with van der Waals surface area (Å²) in [6, 6.07) is 9.43. The molecule has 2 aromatic rings. The van der Waals surface area contributed by atoms with Gasteiger partial charge < -0.3 is 5.32 Å². The van der Waals surface area contributed by atoms with Gasteiger partial charge in [-0.3, -0.25) is 0 Å². The zero-order valence-electron chi connectivity index (χ0n) is 11.9. The third kappa shape index (κ3) is 3.86. The van der Waals surface area contributed by atoms with Gasteiger partial charge in [-0.2, -0.15) is 13.2 Å². The van der Waals surface area contributed by atoms with E-state index in [0.29, 0.717) is 5.56 Å². The first-order chi connectivity index (χ1) is 9.93. The van der Waals surface area contributed by atoms with E-state index in [9.17, 15) is 13.2 Å². The van der Waals surface area contributed by atoms with Gasteiger partial charge >= 0.3 is 6.18 Å². The molecule has 2 atom stereocenters. The van der Waals surface area contributed by atoms with Crippen LogP contribution in [0, 0.1) is 0 Å². The zero-order valence-corrected chi connectivity index (χ0v) is 12.8. The summed E-state index contributed by atoms with van der Waals surface area (Å²) in [6.45, 7) is 3.81. The van der Waals surface area contributed by atoms with Crippen molar-refractivity contribution in [1.29, 1.82) is 0 Å². The van der Waals surface area contributed by atoms with Crippen molar-refractivity contribution in [3.8, 4) is 0 Å². The summed E-state index contributed by atoms with van der Waals surface area (Å²) in [6.07, 6.45) is -3.49. The number of hydrogen-bond donors (Lipinski definition) is 1. The lowest BCUT2D eigenvalue weighted by Crippen LogP contribution is -2.25. The summed E-state index contributed by atoms with van der Waals surface area (Å²) >= 11 is 1.62. The Bertz CT molecular complexity index is 563. The molecule has 0 saturated carbocycles. The van der Waals surface area contributed by atoms with Crippen molar-refractivity contribution in [2.45, 2.75) is 38.5 Å². The number of hydrogen-bond acceptors (Lipinski definition) is 2. The first-order valence-corrected chi connectivity index (χ1v) is 7.77. The van der Waals surface area contributed by atoms with Crippen LogP contribution in [0.1, 0.15) is 48.4 Å². The average molecular weight is 313 g/mol. The van der Waals surface area contributed by atoms with Crippen molar-refractivity contribution in [3.63, 3.8) is 0 Å². The van der Waals surface area contributed by atoms with E-state index in [1.807, 2.05) is 24.4 Å². The van der Waals surface area contributed by atoms with E-state index in [1.165, 1.54) is 6.07 Å². The normalized spacial score (nSPS) is 14.9. The highest BCUT2D eigenvalue weighted by Crippen LogP contribution is 2.35. The zero-order chi connectivity index (χ0) is 15.5. The number of benzene rings is 1. The van der Waals surface area contributed by atoms with Gasteiger partial charge in [-0.1, -0.05) is 31.2 Å². The quantitative estimate of drug-likeness (QED) is 0.761. The van der Waals surface area contributed by atoms with E-state index in [-0.39, 0.29) is 12.1 Å². The maximum atomic E-state index is 13.1. The van der Waals surface area contributed by atoms with Crippen LogP contribution in [-0.4, -0.2) is 0 Å². The molecule has 1 heterocycles. The van der Waals surface area contributed by atoms with Crippen LogP contribution >= 0.6 is 11.3 Å². The third-order valence-corrected chi connectivity index (χ3v) is 4.46. The van der Waals surface area contributed by atoms with Crippen molar-refractivity contribution in [1.82, 2.24) is 5.32 Å². The van der Waals surface area contributed by atoms with E-state index in [0.717, 1.165) is 17.4 Å². The summed E-state index contributed by atoms with van der Waals surface area (Å²) in [5, 5.41) is 5.29. The predicted molar refractivity (Wildman–Crippen MR) is 80.3 cm³/mol. The second kappa shape index (κ2) is 6.62. The molecule has 1 N–H and O–H groups in total. The minimum atomic E-state index is -4.32. The van der Waals surface area contributed by atoms with Gasteiger partial charge in [-0.25, -0.2) is 0 Å². The Labute approximate surface area is 126 Å². The van der Waals surface area contributed by atoms with Crippen molar-refractivity contribution in [2.24, 2.45) is 0 Å². The fraction of sp³-hybridized carbons (Fsp3) is 0.375. The Morgan fingerprint density at radius 3 is 2.43 bits per heavy atom. The number of halogens is 3. The van der Waals surface area contributed by atoms with Gasteiger partial charge in [0.05, 0.1) is 5.56 Å². The van der Waals surface area contributed by atoms with Gasteiger partial charge in [0.15, 0.2) is 0 Å². The molecule has 5 heteroatoms. The van der Waals surface area contributed by atoms with Crippen molar-refractivity contribution < 1.29 is 13.2 Å². The summed E-state index contributed by atoms with van der Waals surface area (Å²) in [5.74, 6) is 0. The van der Waals surface area contributed by atoms with Gasteiger partial charge in [-0.15, -0.1) is 11.3 Å². The smallest absolute Gasteiger partial charge is 0.303 e. The first-order valence-electron chi connectivity index (χ1n) is 6.89. The molecule has 0 saturated heterocycles. The van der Waals surface area contributed by atoms with Gasteiger partial charge in [0.25, 0.3) is 0 Å². The van der Waals surface area contributed by atoms with E-state index in [4.69, 9.17) is 0 Å². The summed E-state index contributed by atoms with van der Waals surface area (Å²) in [5.41, 5.74) is -0.272. The molecule has 21 heavy (non-hydrogen) atoms. The SMILES string of the molecule is CCC(NC(C)c1ccccc1C(F)(F)F)c1cccs1. The molecule has 2 unspecified atom stereocenters. The second-order valence-corrected chi connectivity index (χ2v) is 5.93. The Hall–Kier alpha value is -1.33. The molecule has 0 spiro atoms. The van der Waals surface area contributed by atoms with E-state index >= 15 is 0 Å². The number of alkyl halides is 3. The minimum Gasteiger partial charge on any atom is -0.303 e. The standard InChI is InChI=1S/C16H18F3NS/c1-3-14(15-9-6-10-21-15)20-11(2)12-7-4-5-8-13(12)16(17,18)19/h4-11,14,20H,3H2,1-2H3. The van der Waals surface area contributed by atoms with Crippen LogP contribution in [0.25, 0.3) is 0 Å². The summed E-state index contributed by atoms with van der Waals surface area (Å²) in [7, 11) is 0. The van der Waals surface area contributed by atoms with Crippen molar-refractivity contribution in [3.05, 3.63) is 57.8 Å². The Balaban J connectivity index is 2.22.